The number of nitrogens with one attached hydrogen (secondary N) is 1. The summed E-state index contributed by atoms with van der Waals surface area (Å²) in [6.07, 6.45) is 1.58. The minimum atomic E-state index is -0.359. The van der Waals surface area contributed by atoms with Crippen LogP contribution < -0.4 is 10.1 Å². The lowest BCUT2D eigenvalue weighted by Gasteiger charge is -2.41. The average Bonchev–Trinajstić information content (AvgIpc) is 2.40. The molecule has 1 aromatic carbocycles. The highest BCUT2D eigenvalue weighted by Crippen LogP contribution is 2.22. The molecule has 1 N–H and O–H groups in total. The van der Waals surface area contributed by atoms with Crippen molar-refractivity contribution in [2.45, 2.75) is 19.1 Å². The van der Waals surface area contributed by atoms with Crippen LogP contribution in [-0.2, 0) is 4.79 Å². The lowest BCUT2D eigenvalue weighted by atomic mass is 10.1. The van der Waals surface area contributed by atoms with Gasteiger partial charge in [-0.3, -0.25) is 9.69 Å². The van der Waals surface area contributed by atoms with Gasteiger partial charge in [0.2, 0.25) is 5.91 Å². The predicted octanol–water partition coefficient (Wildman–Crippen LogP) is 1.58. The van der Waals surface area contributed by atoms with Crippen molar-refractivity contribution in [2.24, 2.45) is 0 Å². The quantitative estimate of drug-likeness (QED) is 0.803. The lowest BCUT2D eigenvalue weighted by molar-refractivity contribution is -0.129. The summed E-state index contributed by atoms with van der Waals surface area (Å²) in [5.74, 6) is -0.127. The molecule has 0 bridgehead atoms. The summed E-state index contributed by atoms with van der Waals surface area (Å²) in [5.41, 5.74) is 0. The molecule has 1 amide bonds. The molecule has 1 aromatic rings. The largest absolute Gasteiger partial charge is 0.485 e. The van der Waals surface area contributed by atoms with Crippen molar-refractivity contribution < 1.29 is 13.9 Å². The fraction of sp³-hybridized carbons (Fsp3) is 0.400. The highest BCUT2D eigenvalue weighted by Gasteiger charge is 2.35. The minimum absolute atomic E-state index is 0.0331. The maximum Gasteiger partial charge on any atom is 0.237 e. The van der Waals surface area contributed by atoms with Gasteiger partial charge in [-0.1, -0.05) is 18.2 Å². The van der Waals surface area contributed by atoms with E-state index in [1.807, 2.05) is 11.8 Å². The smallest absolute Gasteiger partial charge is 0.237 e. The summed E-state index contributed by atoms with van der Waals surface area (Å²) in [5, 5.41) is 2.76. The zero-order chi connectivity index (χ0) is 14.5. The molecule has 0 spiro atoms. The van der Waals surface area contributed by atoms with Crippen molar-refractivity contribution in [1.82, 2.24) is 10.2 Å². The Hall–Kier alpha value is -1.88. The molecule has 1 heterocycles. The van der Waals surface area contributed by atoms with Crippen LogP contribution in [0.1, 0.15) is 6.92 Å². The highest BCUT2D eigenvalue weighted by molar-refractivity contribution is 5.81. The van der Waals surface area contributed by atoms with Gasteiger partial charge in [0.25, 0.3) is 0 Å². The second-order valence-electron chi connectivity index (χ2n) is 4.83. The fourth-order valence-electron chi connectivity index (χ4n) is 2.07. The van der Waals surface area contributed by atoms with Crippen molar-refractivity contribution in [3.63, 3.8) is 0 Å². The number of amides is 1. The van der Waals surface area contributed by atoms with Gasteiger partial charge < -0.3 is 10.1 Å². The van der Waals surface area contributed by atoms with Crippen molar-refractivity contribution in [1.29, 1.82) is 0 Å². The third kappa shape index (κ3) is 3.36. The van der Waals surface area contributed by atoms with Crippen molar-refractivity contribution in [2.75, 3.05) is 19.6 Å². The first-order valence-electron chi connectivity index (χ1n) is 6.65. The van der Waals surface area contributed by atoms with E-state index in [1.54, 1.807) is 24.3 Å². The van der Waals surface area contributed by atoms with E-state index in [1.165, 1.54) is 6.07 Å². The molecule has 1 atom stereocenters. The molecule has 0 unspecified atom stereocenters. The minimum Gasteiger partial charge on any atom is -0.485 e. The lowest BCUT2D eigenvalue weighted by Crippen LogP contribution is -2.60. The topological polar surface area (TPSA) is 41.6 Å². The molecular formula is C15H19FN2O2. The Morgan fingerprint density at radius 1 is 1.60 bits per heavy atom. The molecule has 20 heavy (non-hydrogen) atoms. The molecule has 1 aliphatic rings. The Labute approximate surface area is 118 Å². The second-order valence-corrected chi connectivity index (χ2v) is 4.83. The van der Waals surface area contributed by atoms with Crippen molar-refractivity contribution >= 4 is 5.91 Å². The monoisotopic (exact) mass is 278 g/mol. The van der Waals surface area contributed by atoms with Crippen molar-refractivity contribution in [3.05, 3.63) is 42.7 Å². The molecule has 108 valence electrons. The third-order valence-corrected chi connectivity index (χ3v) is 3.35. The maximum absolute atomic E-state index is 13.4. The van der Waals surface area contributed by atoms with E-state index in [4.69, 9.17) is 4.74 Å². The van der Waals surface area contributed by atoms with Crippen LogP contribution in [-0.4, -0.2) is 42.6 Å². The standard InChI is InChI=1S/C15H19FN2O2/c1-3-8-17-15(19)11(2)18-9-12(10-18)20-14-7-5-4-6-13(14)16/h3-7,11-12H,1,8-10H2,2H3,(H,17,19)/t11-/m0/s1. The van der Waals surface area contributed by atoms with Crippen LogP contribution in [0.15, 0.2) is 36.9 Å². The predicted molar refractivity (Wildman–Crippen MR) is 75.1 cm³/mol. The molecule has 0 saturated carbocycles. The Morgan fingerprint density at radius 3 is 2.95 bits per heavy atom. The first kappa shape index (κ1) is 14.5. The number of carbonyl (C=O) groups excluding carboxylic acids is 1. The van der Waals surface area contributed by atoms with Gasteiger partial charge in [-0.15, -0.1) is 6.58 Å². The molecule has 0 aromatic heterocycles. The Kier molecular flexibility index (Phi) is 4.74. The summed E-state index contributed by atoms with van der Waals surface area (Å²) in [4.78, 5) is 13.7. The molecule has 2 rings (SSSR count). The van der Waals surface area contributed by atoms with Crippen LogP contribution in [0.5, 0.6) is 5.75 Å². The Morgan fingerprint density at radius 2 is 2.30 bits per heavy atom. The van der Waals surface area contributed by atoms with E-state index in [9.17, 15) is 9.18 Å². The van der Waals surface area contributed by atoms with Gasteiger partial charge >= 0.3 is 0 Å². The zero-order valence-corrected chi connectivity index (χ0v) is 11.5. The normalized spacial score (nSPS) is 17.1. The maximum atomic E-state index is 13.4. The molecule has 1 aliphatic heterocycles. The van der Waals surface area contributed by atoms with E-state index in [-0.39, 0.29) is 29.6 Å². The summed E-state index contributed by atoms with van der Waals surface area (Å²) in [6, 6.07) is 6.13. The van der Waals surface area contributed by atoms with Crippen LogP contribution in [0.3, 0.4) is 0 Å². The van der Waals surface area contributed by atoms with E-state index in [0.29, 0.717) is 19.6 Å². The first-order valence-corrected chi connectivity index (χ1v) is 6.65. The molecule has 1 saturated heterocycles. The zero-order valence-electron chi connectivity index (χ0n) is 11.5. The van der Waals surface area contributed by atoms with E-state index in [0.717, 1.165) is 0 Å². The molecule has 5 heteroatoms. The van der Waals surface area contributed by atoms with Gasteiger partial charge in [-0.25, -0.2) is 4.39 Å². The van der Waals surface area contributed by atoms with Crippen molar-refractivity contribution in [3.8, 4) is 5.75 Å². The number of benzene rings is 1. The van der Waals surface area contributed by atoms with E-state index >= 15 is 0 Å². The first-order chi connectivity index (χ1) is 9.61. The molecule has 0 aliphatic carbocycles. The van der Waals surface area contributed by atoms with Crippen LogP contribution in [0.25, 0.3) is 0 Å². The molecular weight excluding hydrogens is 259 g/mol. The fourth-order valence-corrected chi connectivity index (χ4v) is 2.07. The van der Waals surface area contributed by atoms with Gasteiger partial charge in [0.1, 0.15) is 6.10 Å². The van der Waals surface area contributed by atoms with Crippen LogP contribution in [0.2, 0.25) is 0 Å². The van der Waals surface area contributed by atoms with Gasteiger partial charge in [0.15, 0.2) is 11.6 Å². The van der Waals surface area contributed by atoms with Crippen LogP contribution in [0.4, 0.5) is 4.39 Å². The number of halogens is 1. The van der Waals surface area contributed by atoms with Crippen LogP contribution in [0, 0.1) is 5.82 Å². The number of likely N-dealkylation sites (tertiary alicyclic amines) is 1. The number of ether oxygens (including phenoxy) is 1. The van der Waals surface area contributed by atoms with E-state index < -0.39 is 0 Å². The SMILES string of the molecule is C=CCNC(=O)[C@H](C)N1CC(Oc2ccccc2F)C1. The summed E-state index contributed by atoms with van der Waals surface area (Å²) in [7, 11) is 0. The Balaban J connectivity index is 1.78. The number of carbonyl (C=O) groups is 1. The van der Waals surface area contributed by atoms with Gasteiger partial charge in [0.05, 0.1) is 6.04 Å². The number of rotatable bonds is 6. The average molecular weight is 278 g/mol. The van der Waals surface area contributed by atoms with Gasteiger partial charge in [-0.2, -0.15) is 0 Å². The third-order valence-electron chi connectivity index (χ3n) is 3.35. The summed E-state index contributed by atoms with van der Waals surface area (Å²) in [6.45, 7) is 7.11. The van der Waals surface area contributed by atoms with Crippen LogP contribution >= 0.6 is 0 Å². The number of hydrogen-bond donors (Lipinski definition) is 1. The summed E-state index contributed by atoms with van der Waals surface area (Å²) < 4.78 is 19.0. The molecule has 1 fully saturated rings. The number of hydrogen-bond acceptors (Lipinski definition) is 3. The Bertz CT molecular complexity index is 487. The van der Waals surface area contributed by atoms with Gasteiger partial charge in [-0.05, 0) is 19.1 Å². The highest BCUT2D eigenvalue weighted by atomic mass is 19.1. The molecule has 4 nitrogen and oxygen atoms in total. The van der Waals surface area contributed by atoms with E-state index in [2.05, 4.69) is 11.9 Å². The number of para-hydroxylation sites is 1. The second kappa shape index (κ2) is 6.52. The summed E-state index contributed by atoms with van der Waals surface area (Å²) >= 11 is 0. The molecule has 0 radical (unpaired) electrons. The number of nitrogens with zero attached hydrogens (tertiary/aromatic N) is 1. The van der Waals surface area contributed by atoms with Gasteiger partial charge in [0, 0.05) is 19.6 Å².